The first kappa shape index (κ1) is 104. The average molecular weight is 1350 g/mol. The van der Waals surface area contributed by atoms with Crippen molar-refractivity contribution in [3.63, 3.8) is 0 Å². The van der Waals surface area contributed by atoms with Gasteiger partial charge in [0.15, 0.2) is 0 Å². The molecule has 4 rings (SSSR count). The van der Waals surface area contributed by atoms with E-state index >= 15 is 0 Å². The van der Waals surface area contributed by atoms with Gasteiger partial charge in [0.2, 0.25) is 0 Å². The van der Waals surface area contributed by atoms with Crippen molar-refractivity contribution in [1.29, 1.82) is 10.8 Å². The third-order valence-corrected chi connectivity index (χ3v) is 4.08. The summed E-state index contributed by atoms with van der Waals surface area (Å²) in [5.74, 6) is -1.03. The van der Waals surface area contributed by atoms with Gasteiger partial charge in [-0.25, -0.2) is 23.3 Å². The molecule has 0 amide bonds. The first-order chi connectivity index (χ1) is 28.5. The number of nitrogens with two attached hydrogens (primary N) is 1. The number of nitrogens with one attached hydrogen (secondary N) is 2. The maximum Gasteiger partial charge on any atom is 2.00 e. The van der Waals surface area contributed by atoms with Crippen molar-refractivity contribution < 1.29 is 117 Å². The zero-order valence-corrected chi connectivity index (χ0v) is 55.6. The summed E-state index contributed by atoms with van der Waals surface area (Å²) in [6.45, 7) is 48.0. The van der Waals surface area contributed by atoms with Gasteiger partial charge in [-0.05, 0) is 5.56 Å². The third kappa shape index (κ3) is 79.2. The number of anilines is 1. The molecule has 5 N–H and O–H groups in total. The van der Waals surface area contributed by atoms with E-state index in [9.17, 15) is 4.79 Å². The number of nitrogen functional groups attached to an aromatic ring is 1. The SMILES string of the molecule is CC.CC.CC.CC.CC.CC.CC.CC.CC.CC.CC.CC.N=[C-]c1ccccc1C(=O)O.N=[C-]c1ccccc1[C-]=Nc1[c-]cccc1.Nc1[c-]cccc1.[W+2].[W].[Y].[Y]. The average Bonchev–Trinajstić information content (AvgIpc) is 3.37. The van der Waals surface area contributed by atoms with E-state index in [1.54, 1.807) is 36.4 Å². The van der Waals surface area contributed by atoms with Crippen molar-refractivity contribution in [3.05, 3.63) is 131 Å². The molecule has 4 aromatic carbocycles. The second-order valence-corrected chi connectivity index (χ2v) is 6.44. The molecule has 0 aliphatic rings. The number of para-hydroxylation sites is 2. The Kier molecular flexibility index (Phi) is 198. The molecule has 0 aliphatic heterocycles. The Morgan fingerprint density at radius 1 is 0.500 bits per heavy atom. The molecule has 6 nitrogen and oxygen atoms in total. The number of carboxylic acid groups (broad SMARTS) is 1. The van der Waals surface area contributed by atoms with E-state index in [2.05, 4.69) is 29.6 Å². The van der Waals surface area contributed by atoms with Crippen molar-refractivity contribution in [2.24, 2.45) is 4.99 Å². The van der Waals surface area contributed by atoms with Crippen molar-refractivity contribution in [1.82, 2.24) is 0 Å². The van der Waals surface area contributed by atoms with Crippen LogP contribution in [0.3, 0.4) is 0 Å². The van der Waals surface area contributed by atoms with Crippen molar-refractivity contribution in [2.75, 3.05) is 5.73 Å². The van der Waals surface area contributed by atoms with E-state index in [1.807, 2.05) is 221 Å². The van der Waals surface area contributed by atoms with Gasteiger partial charge in [0.05, 0.1) is 0 Å². The maximum atomic E-state index is 10.5. The summed E-state index contributed by atoms with van der Waals surface area (Å²) in [5.41, 5.74) is 8.58. The van der Waals surface area contributed by atoms with Crippen LogP contribution in [0.5, 0.6) is 0 Å². The fraction of sp³-hybridized carbons (Fsp3) is 0.462. The standard InChI is InChI=1S/C14H9N2.C8H6NO2.C6H6N.12C2H6.2W.2Y/c15-10-12-6-4-5-7-13(12)11-16-14-8-2-1-3-9-14;9-5-6-3-1-2-4-7(6)8(10)11;7-6-4-2-1-3-5-6;12*1-2;;;;/h1-8,15H;1-4,9H,(H,10,11);1-4H,7H2;12*1-2H3;;;;/q-3;2*-1;;;;;;;;;;;;;;+2;;. The van der Waals surface area contributed by atoms with Crippen LogP contribution in [-0.2, 0) is 108 Å². The molecule has 0 spiro atoms. The van der Waals surface area contributed by atoms with Gasteiger partial charge < -0.3 is 26.7 Å². The van der Waals surface area contributed by atoms with Gasteiger partial charge in [-0.15, -0.1) is 48.4 Å². The summed E-state index contributed by atoms with van der Waals surface area (Å²) in [6.07, 6.45) is 7.29. The zero-order valence-electron chi connectivity index (χ0n) is 44.1. The molecule has 0 saturated carbocycles. The minimum Gasteiger partial charge on any atom is -0.487 e. The summed E-state index contributed by atoms with van der Waals surface area (Å²) in [4.78, 5) is 14.6. The summed E-state index contributed by atoms with van der Waals surface area (Å²) >= 11 is 0. The number of hydrogen-bond donors (Lipinski definition) is 4. The van der Waals surface area contributed by atoms with E-state index in [0.29, 0.717) is 16.8 Å². The predicted octanol–water partition coefficient (Wildman–Crippen LogP) is 17.6. The van der Waals surface area contributed by atoms with Gasteiger partial charge in [-0.3, -0.25) is 4.79 Å². The molecule has 4 aromatic rings. The van der Waals surface area contributed by atoms with Crippen LogP contribution >= 0.6 is 0 Å². The molecular formula is C52H93N4O2W2Y2-3. The third-order valence-electron chi connectivity index (χ3n) is 4.08. The Morgan fingerprint density at radius 3 is 1.06 bits per heavy atom. The van der Waals surface area contributed by atoms with Gasteiger partial charge in [-0.1, -0.05) is 184 Å². The van der Waals surface area contributed by atoms with E-state index in [0.717, 1.165) is 11.3 Å². The van der Waals surface area contributed by atoms with Crippen LogP contribution < -0.4 is 5.73 Å². The van der Waals surface area contributed by atoms with Crippen LogP contribution in [0.2, 0.25) is 0 Å². The summed E-state index contributed by atoms with van der Waals surface area (Å²) in [7, 11) is 0. The van der Waals surface area contributed by atoms with Crippen LogP contribution in [0.1, 0.15) is 193 Å². The first-order valence-corrected chi connectivity index (χ1v) is 22.0. The molecular weight excluding hydrogens is 1260 g/mol. The smallest absolute Gasteiger partial charge is 0.487 e. The van der Waals surface area contributed by atoms with Gasteiger partial charge in [0.25, 0.3) is 5.97 Å². The molecule has 62 heavy (non-hydrogen) atoms. The maximum absolute atomic E-state index is 10.5. The Labute approximate surface area is 467 Å². The van der Waals surface area contributed by atoms with Gasteiger partial charge >= 0.3 is 21.1 Å². The number of carbonyl (C=O) groups is 1. The number of aromatic carboxylic acids is 1. The molecule has 0 aliphatic carbocycles. The van der Waals surface area contributed by atoms with Crippen LogP contribution in [0.4, 0.5) is 11.4 Å². The molecule has 0 fully saturated rings. The number of nitrogens with zero attached hydrogens (tertiary/aromatic N) is 1. The van der Waals surface area contributed by atoms with E-state index in [4.69, 9.17) is 21.7 Å². The topological polar surface area (TPSA) is 123 Å². The summed E-state index contributed by atoms with van der Waals surface area (Å²) in [6, 6.07) is 34.2. The number of aliphatic imine (C=N–C) groups is 1. The van der Waals surface area contributed by atoms with Crippen molar-refractivity contribution in [2.45, 2.75) is 166 Å². The number of carboxylic acids is 1. The zero-order chi connectivity index (χ0) is 48.6. The fourth-order valence-electron chi connectivity index (χ4n) is 2.45. The minimum atomic E-state index is -1.03. The van der Waals surface area contributed by atoms with Crippen LogP contribution in [0.25, 0.3) is 0 Å². The van der Waals surface area contributed by atoms with Gasteiger partial charge in [0.1, 0.15) is 0 Å². The second-order valence-electron chi connectivity index (χ2n) is 6.44. The fourth-order valence-corrected chi connectivity index (χ4v) is 2.45. The first-order valence-electron chi connectivity index (χ1n) is 22.0. The molecule has 0 bridgehead atoms. The number of rotatable bonds is 5. The normalized spacial score (nSPS) is 6.45. The predicted molar refractivity (Wildman–Crippen MR) is 271 cm³/mol. The van der Waals surface area contributed by atoms with Crippen molar-refractivity contribution >= 4 is 36.0 Å². The Balaban J connectivity index is -0.0000000330. The van der Waals surface area contributed by atoms with Gasteiger partial charge in [-0.2, -0.15) is 66.2 Å². The van der Waals surface area contributed by atoms with Crippen LogP contribution in [0.15, 0.2) is 102 Å². The van der Waals surface area contributed by atoms with E-state index in [-0.39, 0.29) is 113 Å². The minimum absolute atomic E-state index is 0. The monoisotopic (exact) mass is 1350 g/mol. The summed E-state index contributed by atoms with van der Waals surface area (Å²) < 4.78 is 0. The molecule has 0 aromatic heterocycles. The van der Waals surface area contributed by atoms with Crippen molar-refractivity contribution in [3.8, 4) is 0 Å². The summed E-state index contributed by atoms with van der Waals surface area (Å²) in [5, 5.41) is 22.5. The van der Waals surface area contributed by atoms with Crippen LogP contribution in [-0.4, -0.2) is 29.7 Å². The largest absolute Gasteiger partial charge is 2.00 e. The Morgan fingerprint density at radius 2 is 0.806 bits per heavy atom. The van der Waals surface area contributed by atoms with Gasteiger partial charge in [0, 0.05) is 86.5 Å². The van der Waals surface area contributed by atoms with E-state index < -0.39 is 5.97 Å². The molecule has 0 atom stereocenters. The van der Waals surface area contributed by atoms with Crippen LogP contribution in [0, 0.1) is 23.0 Å². The Bertz CT molecular complexity index is 1250. The molecule has 10 heteroatoms. The van der Waals surface area contributed by atoms with E-state index in [1.165, 1.54) is 12.1 Å². The molecule has 0 heterocycles. The quantitative estimate of drug-likeness (QED) is 0.0904. The molecule has 0 unspecified atom stereocenters. The number of hydrogen-bond acceptors (Lipinski definition) is 5. The molecule has 0 saturated heterocycles. The Hall–Kier alpha value is -1.26. The molecule has 2 radical (unpaired) electrons. The molecule has 354 valence electrons. The second kappa shape index (κ2) is 118. The number of benzene rings is 4.